The first kappa shape index (κ1) is 24.4. The number of pyridine rings is 1. The monoisotopic (exact) mass is 526 g/mol. The van der Waals surface area contributed by atoms with Crippen molar-refractivity contribution in [2.45, 2.75) is 30.7 Å². The van der Waals surface area contributed by atoms with Crippen LogP contribution in [0.25, 0.3) is 11.3 Å². The Bertz CT molecular complexity index is 1460. The molecule has 3 aromatic rings. The Morgan fingerprint density at radius 3 is 2.35 bits per heavy atom. The molecular formula is C24H16F6N2O5. The lowest BCUT2D eigenvalue weighted by Gasteiger charge is -2.18. The molecular weight excluding hydrogens is 510 g/mol. The second-order valence-electron chi connectivity index (χ2n) is 8.46. The van der Waals surface area contributed by atoms with Crippen LogP contribution in [-0.2, 0) is 16.4 Å². The molecule has 1 amide bonds. The largest absolute Gasteiger partial charge is 0.586 e. The molecule has 7 nitrogen and oxygen atoms in total. The van der Waals surface area contributed by atoms with Gasteiger partial charge < -0.3 is 19.9 Å². The van der Waals surface area contributed by atoms with Gasteiger partial charge in [0.25, 0.3) is 0 Å². The van der Waals surface area contributed by atoms with Gasteiger partial charge >= 0.3 is 18.4 Å². The standard InChI is InChI=1S/C24H14F6N2O5.H2/c25-15-4-1-11(9-13(15)20(33)34)19-14(23(26,27)28)3-6-18(31-19)32-21(35)22(7-8-22)12-2-5-16-17(10-12)37-24(29,30)36-16;/h1-6,9-10H,7-8H2,(H,33,34)(H,31,32,35);1H. The average Bonchev–Trinajstić information content (AvgIpc) is 3.55. The maximum Gasteiger partial charge on any atom is 0.586 e. The number of aromatic carboxylic acids is 1. The molecule has 0 radical (unpaired) electrons. The van der Waals surface area contributed by atoms with Crippen molar-refractivity contribution in [3.63, 3.8) is 0 Å². The Labute approximate surface area is 205 Å². The molecule has 5 rings (SSSR count). The molecule has 1 saturated carbocycles. The number of fused-ring (bicyclic) bond motifs is 1. The summed E-state index contributed by atoms with van der Waals surface area (Å²) in [5.41, 5.74) is -3.96. The van der Waals surface area contributed by atoms with E-state index in [0.29, 0.717) is 36.6 Å². The quantitative estimate of drug-likeness (QED) is 0.406. The van der Waals surface area contributed by atoms with E-state index in [1.165, 1.54) is 18.2 Å². The van der Waals surface area contributed by atoms with Crippen molar-refractivity contribution in [2.24, 2.45) is 0 Å². The molecule has 1 aliphatic carbocycles. The molecule has 0 unspecified atom stereocenters. The Morgan fingerprint density at radius 1 is 1.00 bits per heavy atom. The molecule has 2 N–H and O–H groups in total. The van der Waals surface area contributed by atoms with Gasteiger partial charge in [0, 0.05) is 6.99 Å². The minimum atomic E-state index is -4.89. The zero-order valence-electron chi connectivity index (χ0n) is 18.3. The van der Waals surface area contributed by atoms with Crippen molar-refractivity contribution in [3.05, 3.63) is 71.0 Å². The fourth-order valence-corrected chi connectivity index (χ4v) is 4.07. The SMILES string of the molecule is O=C(O)c1cc(-c2nc(NC(=O)C3(c4ccc5c(c4)OC(F)(F)O5)CC3)ccc2C(F)(F)F)ccc1F.[HH]. The number of halogens is 6. The Morgan fingerprint density at radius 2 is 1.70 bits per heavy atom. The summed E-state index contributed by atoms with van der Waals surface area (Å²) >= 11 is 0. The summed E-state index contributed by atoms with van der Waals surface area (Å²) in [7, 11) is 0. The van der Waals surface area contributed by atoms with E-state index >= 15 is 0 Å². The fourth-order valence-electron chi connectivity index (χ4n) is 4.07. The van der Waals surface area contributed by atoms with E-state index in [1.54, 1.807) is 0 Å². The normalized spacial score (nSPS) is 16.8. The van der Waals surface area contributed by atoms with Crippen molar-refractivity contribution in [2.75, 3.05) is 5.32 Å². The third-order valence-electron chi connectivity index (χ3n) is 6.05. The molecule has 194 valence electrons. The van der Waals surface area contributed by atoms with Crippen molar-refractivity contribution < 1.29 is 51.9 Å². The second-order valence-corrected chi connectivity index (χ2v) is 8.46. The first-order valence-corrected chi connectivity index (χ1v) is 10.6. The van der Waals surface area contributed by atoms with Gasteiger partial charge in [-0.25, -0.2) is 14.2 Å². The van der Waals surface area contributed by atoms with Crippen LogP contribution in [0, 0.1) is 5.82 Å². The predicted molar refractivity (Wildman–Crippen MR) is 116 cm³/mol. The molecule has 1 fully saturated rings. The molecule has 2 aliphatic rings. The smallest absolute Gasteiger partial charge is 0.478 e. The van der Waals surface area contributed by atoms with Gasteiger partial charge in [0.05, 0.1) is 22.2 Å². The molecule has 0 spiro atoms. The molecule has 13 heteroatoms. The average molecular weight is 526 g/mol. The fraction of sp³-hybridized carbons (Fsp3) is 0.208. The van der Waals surface area contributed by atoms with Gasteiger partial charge in [-0.2, -0.15) is 13.2 Å². The predicted octanol–water partition coefficient (Wildman–Crippen LogP) is 5.84. The lowest BCUT2D eigenvalue weighted by Crippen LogP contribution is -2.28. The Kier molecular flexibility index (Phi) is 5.35. The van der Waals surface area contributed by atoms with Gasteiger partial charge in [-0.05, 0) is 60.9 Å². The number of aromatic nitrogens is 1. The summed E-state index contributed by atoms with van der Waals surface area (Å²) in [4.78, 5) is 28.3. The van der Waals surface area contributed by atoms with Crippen LogP contribution in [0.1, 0.15) is 35.8 Å². The van der Waals surface area contributed by atoms with Crippen molar-refractivity contribution in [1.29, 1.82) is 0 Å². The Balaban J connectivity index is 0.00000336. The summed E-state index contributed by atoms with van der Waals surface area (Å²) in [5, 5.41) is 11.6. The van der Waals surface area contributed by atoms with Crippen LogP contribution < -0.4 is 14.8 Å². The summed E-state index contributed by atoms with van der Waals surface area (Å²) in [6.07, 6.45) is -8.10. The number of carboxylic acids is 1. The number of carboxylic acid groups (broad SMARTS) is 1. The van der Waals surface area contributed by atoms with Crippen LogP contribution >= 0.6 is 0 Å². The molecule has 1 aliphatic heterocycles. The number of alkyl halides is 5. The van der Waals surface area contributed by atoms with Crippen molar-refractivity contribution in [1.82, 2.24) is 4.98 Å². The number of rotatable bonds is 5. The number of carbonyl (C=O) groups excluding carboxylic acids is 1. The summed E-state index contributed by atoms with van der Waals surface area (Å²) in [5.74, 6) is -4.24. The molecule has 37 heavy (non-hydrogen) atoms. The molecule has 2 aromatic carbocycles. The number of carbonyl (C=O) groups is 2. The highest BCUT2D eigenvalue weighted by atomic mass is 19.4. The van der Waals surface area contributed by atoms with Gasteiger partial charge in [-0.15, -0.1) is 8.78 Å². The van der Waals surface area contributed by atoms with Gasteiger partial charge in [-0.3, -0.25) is 4.79 Å². The van der Waals surface area contributed by atoms with E-state index in [2.05, 4.69) is 19.8 Å². The lowest BCUT2D eigenvalue weighted by atomic mass is 9.94. The summed E-state index contributed by atoms with van der Waals surface area (Å²) < 4.78 is 90.2. The van der Waals surface area contributed by atoms with E-state index in [-0.39, 0.29) is 24.3 Å². The number of nitrogens with zero attached hydrogens (tertiary/aromatic N) is 1. The van der Waals surface area contributed by atoms with E-state index in [1.807, 2.05) is 0 Å². The van der Waals surface area contributed by atoms with Gasteiger partial charge in [-0.1, -0.05) is 6.07 Å². The summed E-state index contributed by atoms with van der Waals surface area (Å²) in [6, 6.07) is 7.80. The first-order valence-electron chi connectivity index (χ1n) is 10.6. The number of benzene rings is 2. The highest BCUT2D eigenvalue weighted by Crippen LogP contribution is 2.52. The number of hydrogen-bond acceptors (Lipinski definition) is 5. The molecule has 0 atom stereocenters. The van der Waals surface area contributed by atoms with Crippen molar-refractivity contribution in [3.8, 4) is 22.8 Å². The van der Waals surface area contributed by atoms with Crippen LogP contribution in [0.15, 0.2) is 48.5 Å². The molecule has 0 saturated heterocycles. The second kappa shape index (κ2) is 8.11. The minimum Gasteiger partial charge on any atom is -0.478 e. The van der Waals surface area contributed by atoms with Crippen LogP contribution in [0.5, 0.6) is 11.5 Å². The van der Waals surface area contributed by atoms with Crippen molar-refractivity contribution >= 4 is 17.7 Å². The van der Waals surface area contributed by atoms with E-state index in [0.717, 1.165) is 12.1 Å². The Hall–Kier alpha value is -4.29. The number of nitrogens with one attached hydrogen (secondary N) is 1. The zero-order valence-corrected chi connectivity index (χ0v) is 18.3. The van der Waals surface area contributed by atoms with Gasteiger partial charge in [0.1, 0.15) is 11.6 Å². The summed E-state index contributed by atoms with van der Waals surface area (Å²) in [6.45, 7) is 0. The molecule has 2 heterocycles. The lowest BCUT2D eigenvalue weighted by molar-refractivity contribution is -0.286. The van der Waals surface area contributed by atoms with Crippen LogP contribution in [0.3, 0.4) is 0 Å². The van der Waals surface area contributed by atoms with Gasteiger partial charge in [0.15, 0.2) is 11.5 Å². The third kappa shape index (κ3) is 4.41. The van der Waals surface area contributed by atoms with E-state index in [4.69, 9.17) is 5.11 Å². The van der Waals surface area contributed by atoms with Crippen LogP contribution in [0.4, 0.5) is 32.2 Å². The maximum absolute atomic E-state index is 13.8. The first-order chi connectivity index (χ1) is 17.3. The zero-order chi connectivity index (χ0) is 26.8. The minimum absolute atomic E-state index is 0. The van der Waals surface area contributed by atoms with Crippen LogP contribution in [0.2, 0.25) is 0 Å². The van der Waals surface area contributed by atoms with E-state index < -0.39 is 52.4 Å². The highest BCUT2D eigenvalue weighted by Gasteiger charge is 2.53. The highest BCUT2D eigenvalue weighted by molar-refractivity contribution is 6.01. The number of hydrogen-bond donors (Lipinski definition) is 2. The third-order valence-corrected chi connectivity index (χ3v) is 6.05. The number of anilines is 1. The van der Waals surface area contributed by atoms with Gasteiger partial charge in [0.2, 0.25) is 5.91 Å². The molecule has 0 bridgehead atoms. The topological polar surface area (TPSA) is 97.8 Å². The van der Waals surface area contributed by atoms with E-state index in [9.17, 15) is 35.9 Å². The van der Waals surface area contributed by atoms with Crippen LogP contribution in [-0.4, -0.2) is 28.3 Å². The molecule has 1 aromatic heterocycles. The maximum atomic E-state index is 13.8. The number of amides is 1. The number of ether oxygens (including phenoxy) is 2.